The second kappa shape index (κ2) is 5.25. The first kappa shape index (κ1) is 12.7. The molecule has 0 amide bonds. The largest absolute Gasteiger partial charge is 0.197 e. The molecule has 18 heavy (non-hydrogen) atoms. The van der Waals surface area contributed by atoms with E-state index in [1.165, 1.54) is 0 Å². The van der Waals surface area contributed by atoms with Crippen molar-refractivity contribution in [2.24, 2.45) is 0 Å². The normalized spacial score (nSPS) is 13.6. The molecule has 2 aromatic carbocycles. The molecule has 90 valence electrons. The number of benzene rings is 2. The lowest BCUT2D eigenvalue weighted by atomic mass is 9.79. The van der Waals surface area contributed by atoms with Gasteiger partial charge in [0.25, 0.3) is 0 Å². The molecule has 0 radical (unpaired) electrons. The van der Waals surface area contributed by atoms with Crippen LogP contribution in [0.4, 0.5) is 0 Å². The Hall–Kier alpha value is -1.78. The van der Waals surface area contributed by atoms with Crippen LogP contribution in [0.15, 0.2) is 54.6 Å². The molecule has 0 unspecified atom stereocenters. The minimum atomic E-state index is -0.522. The third-order valence-electron chi connectivity index (χ3n) is 3.13. The average molecular weight is 256 g/mol. The van der Waals surface area contributed by atoms with Crippen molar-refractivity contribution >= 4 is 11.6 Å². The SMILES string of the molecule is C[C@](C#N)(Cc1ccccc1)c1ccc(Cl)cc1. The lowest BCUT2D eigenvalue weighted by molar-refractivity contribution is 0.606. The molecule has 2 aromatic rings. The highest BCUT2D eigenvalue weighted by atomic mass is 35.5. The Kier molecular flexibility index (Phi) is 3.69. The van der Waals surface area contributed by atoms with E-state index in [1.54, 1.807) is 0 Å². The van der Waals surface area contributed by atoms with Gasteiger partial charge in [0.1, 0.15) is 0 Å². The van der Waals surface area contributed by atoms with E-state index >= 15 is 0 Å². The second-order valence-corrected chi connectivity index (χ2v) is 5.05. The lowest BCUT2D eigenvalue weighted by Crippen LogP contribution is -2.22. The molecule has 0 fully saturated rings. The van der Waals surface area contributed by atoms with Crippen molar-refractivity contribution in [3.05, 3.63) is 70.7 Å². The second-order valence-electron chi connectivity index (χ2n) is 4.61. The summed E-state index contributed by atoms with van der Waals surface area (Å²) in [4.78, 5) is 0. The molecular weight excluding hydrogens is 242 g/mol. The van der Waals surface area contributed by atoms with Gasteiger partial charge in [-0.15, -0.1) is 0 Å². The van der Waals surface area contributed by atoms with Crippen molar-refractivity contribution in [2.45, 2.75) is 18.8 Å². The summed E-state index contributed by atoms with van der Waals surface area (Å²) in [5, 5.41) is 10.2. The molecule has 0 saturated carbocycles. The van der Waals surface area contributed by atoms with E-state index < -0.39 is 5.41 Å². The molecule has 0 aliphatic carbocycles. The number of nitrogens with zero attached hydrogens (tertiary/aromatic N) is 1. The minimum absolute atomic E-state index is 0.522. The first-order valence-corrected chi connectivity index (χ1v) is 6.23. The monoisotopic (exact) mass is 255 g/mol. The fraction of sp³-hybridized carbons (Fsp3) is 0.188. The predicted molar refractivity (Wildman–Crippen MR) is 74.6 cm³/mol. The van der Waals surface area contributed by atoms with E-state index in [1.807, 2.05) is 61.5 Å². The molecule has 0 aliphatic heterocycles. The predicted octanol–water partition coefficient (Wildman–Crippen LogP) is 4.36. The molecule has 0 spiro atoms. The zero-order valence-corrected chi connectivity index (χ0v) is 11.0. The minimum Gasteiger partial charge on any atom is -0.197 e. The van der Waals surface area contributed by atoms with Crippen LogP contribution in [0.2, 0.25) is 5.02 Å². The van der Waals surface area contributed by atoms with Crippen LogP contribution in [0.25, 0.3) is 0 Å². The molecule has 1 atom stereocenters. The summed E-state index contributed by atoms with van der Waals surface area (Å²) in [5.74, 6) is 0. The highest BCUT2D eigenvalue weighted by Gasteiger charge is 2.26. The van der Waals surface area contributed by atoms with Gasteiger partial charge in [0.15, 0.2) is 0 Å². The molecule has 0 aliphatic rings. The number of hydrogen-bond donors (Lipinski definition) is 0. The van der Waals surface area contributed by atoms with Crippen molar-refractivity contribution < 1.29 is 0 Å². The van der Waals surface area contributed by atoms with Crippen LogP contribution >= 0.6 is 11.6 Å². The van der Waals surface area contributed by atoms with E-state index in [-0.39, 0.29) is 0 Å². The molecule has 0 heterocycles. The summed E-state index contributed by atoms with van der Waals surface area (Å²) in [6.07, 6.45) is 0.700. The third-order valence-corrected chi connectivity index (χ3v) is 3.38. The van der Waals surface area contributed by atoms with Crippen LogP contribution in [-0.4, -0.2) is 0 Å². The molecule has 0 aromatic heterocycles. The molecule has 2 rings (SSSR count). The van der Waals surface area contributed by atoms with E-state index in [0.29, 0.717) is 11.4 Å². The fourth-order valence-corrected chi connectivity index (χ4v) is 2.15. The maximum atomic E-state index is 9.49. The van der Waals surface area contributed by atoms with Gasteiger partial charge in [0.05, 0.1) is 11.5 Å². The highest BCUT2D eigenvalue weighted by Crippen LogP contribution is 2.28. The van der Waals surface area contributed by atoms with Gasteiger partial charge in [-0.3, -0.25) is 0 Å². The Bertz CT molecular complexity index is 554. The van der Waals surface area contributed by atoms with Gasteiger partial charge in [0.2, 0.25) is 0 Å². The van der Waals surface area contributed by atoms with Gasteiger partial charge in [0, 0.05) is 5.02 Å². The number of nitriles is 1. The Morgan fingerprint density at radius 1 is 1.06 bits per heavy atom. The topological polar surface area (TPSA) is 23.8 Å². The van der Waals surface area contributed by atoms with Gasteiger partial charge in [-0.25, -0.2) is 0 Å². The van der Waals surface area contributed by atoms with Crippen LogP contribution in [-0.2, 0) is 11.8 Å². The zero-order valence-electron chi connectivity index (χ0n) is 10.2. The van der Waals surface area contributed by atoms with Gasteiger partial charge in [-0.1, -0.05) is 54.1 Å². The van der Waals surface area contributed by atoms with Crippen LogP contribution in [0, 0.1) is 11.3 Å². The fourth-order valence-electron chi connectivity index (χ4n) is 2.03. The van der Waals surface area contributed by atoms with Gasteiger partial charge in [-0.05, 0) is 36.6 Å². The number of hydrogen-bond acceptors (Lipinski definition) is 1. The van der Waals surface area contributed by atoms with Crippen LogP contribution in [0.3, 0.4) is 0 Å². The standard InChI is InChI=1S/C16H14ClN/c1-16(12-18,11-13-5-3-2-4-6-13)14-7-9-15(17)10-8-14/h2-10H,11H2,1H3/t16-/m1/s1. The smallest absolute Gasteiger partial charge is 0.0834 e. The van der Waals surface area contributed by atoms with Crippen LogP contribution in [0.1, 0.15) is 18.1 Å². The van der Waals surface area contributed by atoms with Gasteiger partial charge >= 0.3 is 0 Å². The van der Waals surface area contributed by atoms with E-state index in [2.05, 4.69) is 6.07 Å². The molecule has 1 nitrogen and oxygen atoms in total. The van der Waals surface area contributed by atoms with Crippen LogP contribution < -0.4 is 0 Å². The molecule has 0 N–H and O–H groups in total. The van der Waals surface area contributed by atoms with Crippen molar-refractivity contribution in [2.75, 3.05) is 0 Å². The zero-order chi connectivity index (χ0) is 13.0. The van der Waals surface area contributed by atoms with Crippen molar-refractivity contribution in [1.29, 1.82) is 5.26 Å². The maximum Gasteiger partial charge on any atom is 0.0834 e. The summed E-state index contributed by atoms with van der Waals surface area (Å²) >= 11 is 5.88. The molecule has 2 heteroatoms. The number of rotatable bonds is 3. The molecule has 0 bridgehead atoms. The average Bonchev–Trinajstić information content (AvgIpc) is 2.40. The van der Waals surface area contributed by atoms with Gasteiger partial charge in [-0.2, -0.15) is 5.26 Å². The van der Waals surface area contributed by atoms with Gasteiger partial charge < -0.3 is 0 Å². The first-order chi connectivity index (χ1) is 8.64. The first-order valence-electron chi connectivity index (χ1n) is 5.85. The Morgan fingerprint density at radius 3 is 2.22 bits per heavy atom. The molecular formula is C16H14ClN. The highest BCUT2D eigenvalue weighted by molar-refractivity contribution is 6.30. The van der Waals surface area contributed by atoms with Crippen LogP contribution in [0.5, 0.6) is 0 Å². The van der Waals surface area contributed by atoms with Crippen molar-refractivity contribution in [1.82, 2.24) is 0 Å². The lowest BCUT2D eigenvalue weighted by Gasteiger charge is -2.22. The van der Waals surface area contributed by atoms with E-state index in [4.69, 9.17) is 11.6 Å². The summed E-state index contributed by atoms with van der Waals surface area (Å²) in [7, 11) is 0. The Morgan fingerprint density at radius 2 is 1.67 bits per heavy atom. The summed E-state index contributed by atoms with van der Waals surface area (Å²) in [5.41, 5.74) is 1.64. The molecule has 0 saturated heterocycles. The summed E-state index contributed by atoms with van der Waals surface area (Å²) in [6, 6.07) is 20.0. The van der Waals surface area contributed by atoms with Crippen molar-refractivity contribution in [3.8, 4) is 6.07 Å². The summed E-state index contributed by atoms with van der Waals surface area (Å²) < 4.78 is 0. The maximum absolute atomic E-state index is 9.49. The third kappa shape index (κ3) is 2.72. The summed E-state index contributed by atoms with van der Waals surface area (Å²) in [6.45, 7) is 1.96. The van der Waals surface area contributed by atoms with E-state index in [9.17, 15) is 5.26 Å². The Balaban J connectivity index is 2.32. The quantitative estimate of drug-likeness (QED) is 0.799. The van der Waals surface area contributed by atoms with E-state index in [0.717, 1.165) is 11.1 Å². The van der Waals surface area contributed by atoms with Crippen molar-refractivity contribution in [3.63, 3.8) is 0 Å². The Labute approximate surface area is 113 Å². The number of halogens is 1.